The van der Waals surface area contributed by atoms with E-state index >= 15 is 0 Å². The number of carbonyl (C=O) groups is 2. The number of nitrogens with one attached hydrogen (secondary N) is 1. The lowest BCUT2D eigenvalue weighted by atomic mass is 10.2. The van der Waals surface area contributed by atoms with Crippen molar-refractivity contribution in [2.24, 2.45) is 5.73 Å². The average Bonchev–Trinajstić information content (AvgIpc) is 3.17. The van der Waals surface area contributed by atoms with Crippen molar-refractivity contribution in [1.29, 1.82) is 0 Å². The number of amides is 2. The van der Waals surface area contributed by atoms with Crippen molar-refractivity contribution >= 4 is 17.6 Å². The van der Waals surface area contributed by atoms with Gasteiger partial charge in [0.15, 0.2) is 5.82 Å². The van der Waals surface area contributed by atoms with E-state index in [1.807, 2.05) is 0 Å². The van der Waals surface area contributed by atoms with Crippen LogP contribution in [0.2, 0.25) is 0 Å². The SMILES string of the molecule is NC(=O)C1CCCN1C(=O)Cn1ncc(N2CCNCC2)n1. The van der Waals surface area contributed by atoms with Crippen LogP contribution in [0.1, 0.15) is 12.8 Å². The smallest absolute Gasteiger partial charge is 0.246 e. The second kappa shape index (κ2) is 6.30. The zero-order valence-electron chi connectivity index (χ0n) is 12.4. The second-order valence-electron chi connectivity index (χ2n) is 5.62. The highest BCUT2D eigenvalue weighted by Gasteiger charge is 2.32. The second-order valence-corrected chi connectivity index (χ2v) is 5.62. The van der Waals surface area contributed by atoms with Crippen LogP contribution in [0.4, 0.5) is 5.82 Å². The van der Waals surface area contributed by atoms with Crippen LogP contribution in [0.5, 0.6) is 0 Å². The highest BCUT2D eigenvalue weighted by atomic mass is 16.2. The first-order valence-corrected chi connectivity index (χ1v) is 7.60. The maximum absolute atomic E-state index is 12.3. The van der Waals surface area contributed by atoms with Crippen LogP contribution in [-0.4, -0.2) is 70.5 Å². The van der Waals surface area contributed by atoms with Gasteiger partial charge in [0.1, 0.15) is 12.6 Å². The molecule has 2 amide bonds. The standard InChI is InChI=1S/C13H21N7O2/c14-13(22)10-2-1-5-19(10)12(21)9-20-16-8-11(17-20)18-6-3-15-4-7-18/h8,10,15H,1-7,9H2,(H2,14,22). The predicted octanol–water partition coefficient (Wildman–Crippen LogP) is -1.84. The molecule has 0 saturated carbocycles. The van der Waals surface area contributed by atoms with Crippen molar-refractivity contribution < 1.29 is 9.59 Å². The highest BCUT2D eigenvalue weighted by Crippen LogP contribution is 2.17. The van der Waals surface area contributed by atoms with Gasteiger partial charge in [-0.3, -0.25) is 9.59 Å². The zero-order chi connectivity index (χ0) is 15.5. The molecule has 2 aliphatic rings. The Morgan fingerprint density at radius 3 is 2.82 bits per heavy atom. The van der Waals surface area contributed by atoms with Crippen molar-refractivity contribution in [3.63, 3.8) is 0 Å². The molecule has 2 fully saturated rings. The van der Waals surface area contributed by atoms with E-state index in [1.54, 1.807) is 6.20 Å². The van der Waals surface area contributed by atoms with Crippen LogP contribution in [-0.2, 0) is 16.1 Å². The molecule has 1 aromatic rings. The molecule has 9 heteroatoms. The molecule has 1 unspecified atom stereocenters. The molecule has 0 aromatic carbocycles. The summed E-state index contributed by atoms with van der Waals surface area (Å²) in [7, 11) is 0. The summed E-state index contributed by atoms with van der Waals surface area (Å²) in [6, 6.07) is -0.490. The molecule has 2 saturated heterocycles. The minimum Gasteiger partial charge on any atom is -0.368 e. The summed E-state index contributed by atoms with van der Waals surface area (Å²) in [4.78, 5) is 28.7. The van der Waals surface area contributed by atoms with Gasteiger partial charge in [-0.25, -0.2) is 0 Å². The van der Waals surface area contributed by atoms with Gasteiger partial charge in [0.2, 0.25) is 11.8 Å². The summed E-state index contributed by atoms with van der Waals surface area (Å²) in [5, 5.41) is 11.8. The van der Waals surface area contributed by atoms with E-state index in [9.17, 15) is 9.59 Å². The lowest BCUT2D eigenvalue weighted by Crippen LogP contribution is -2.45. The zero-order valence-corrected chi connectivity index (χ0v) is 12.4. The lowest BCUT2D eigenvalue weighted by Gasteiger charge is -2.26. The number of hydrogen-bond donors (Lipinski definition) is 2. The fourth-order valence-corrected chi connectivity index (χ4v) is 2.98. The largest absolute Gasteiger partial charge is 0.368 e. The van der Waals surface area contributed by atoms with Gasteiger partial charge < -0.3 is 20.9 Å². The third-order valence-corrected chi connectivity index (χ3v) is 4.14. The monoisotopic (exact) mass is 307 g/mol. The Bertz CT molecular complexity index is 552. The van der Waals surface area contributed by atoms with Crippen LogP contribution in [0, 0.1) is 0 Å². The fraction of sp³-hybridized carbons (Fsp3) is 0.692. The number of rotatable bonds is 4. The minimum absolute atomic E-state index is 0.0376. The molecule has 0 aliphatic carbocycles. The van der Waals surface area contributed by atoms with Gasteiger partial charge in [0.05, 0.1) is 6.20 Å². The van der Waals surface area contributed by atoms with Gasteiger partial charge >= 0.3 is 0 Å². The Balaban J connectivity index is 1.62. The van der Waals surface area contributed by atoms with E-state index in [0.717, 1.165) is 38.4 Å². The van der Waals surface area contributed by atoms with Crippen molar-refractivity contribution in [2.75, 3.05) is 37.6 Å². The number of piperazine rings is 1. The third-order valence-electron chi connectivity index (χ3n) is 4.14. The van der Waals surface area contributed by atoms with Crippen LogP contribution in [0.25, 0.3) is 0 Å². The van der Waals surface area contributed by atoms with E-state index in [0.29, 0.717) is 13.0 Å². The summed E-state index contributed by atoms with van der Waals surface area (Å²) in [5.41, 5.74) is 5.34. The molecule has 22 heavy (non-hydrogen) atoms. The maximum atomic E-state index is 12.3. The Kier molecular flexibility index (Phi) is 4.23. The van der Waals surface area contributed by atoms with Gasteiger partial charge in [0.25, 0.3) is 0 Å². The third kappa shape index (κ3) is 3.03. The number of anilines is 1. The molecule has 0 radical (unpaired) electrons. The number of hydrogen-bond acceptors (Lipinski definition) is 6. The molecule has 0 bridgehead atoms. The minimum atomic E-state index is -0.490. The van der Waals surface area contributed by atoms with Crippen molar-refractivity contribution in [2.45, 2.75) is 25.4 Å². The van der Waals surface area contributed by atoms with Gasteiger partial charge in [-0.15, -0.1) is 5.10 Å². The van der Waals surface area contributed by atoms with Crippen LogP contribution < -0.4 is 16.0 Å². The van der Waals surface area contributed by atoms with E-state index in [2.05, 4.69) is 20.4 Å². The van der Waals surface area contributed by atoms with Gasteiger partial charge in [0, 0.05) is 32.7 Å². The van der Waals surface area contributed by atoms with Crippen LogP contribution in [0.3, 0.4) is 0 Å². The molecule has 3 N–H and O–H groups in total. The maximum Gasteiger partial charge on any atom is 0.246 e. The Morgan fingerprint density at radius 2 is 2.09 bits per heavy atom. The number of nitrogens with two attached hydrogens (primary N) is 1. The molecule has 0 spiro atoms. The quantitative estimate of drug-likeness (QED) is 0.677. The van der Waals surface area contributed by atoms with E-state index in [1.165, 1.54) is 9.70 Å². The molecule has 3 rings (SSSR count). The first kappa shape index (κ1) is 14.8. The van der Waals surface area contributed by atoms with Gasteiger partial charge in [-0.05, 0) is 12.8 Å². The summed E-state index contributed by atoms with van der Waals surface area (Å²) >= 11 is 0. The van der Waals surface area contributed by atoms with Gasteiger partial charge in [-0.1, -0.05) is 0 Å². The summed E-state index contributed by atoms with van der Waals surface area (Å²) < 4.78 is 0. The molecule has 3 heterocycles. The molecule has 1 atom stereocenters. The Labute approximate surface area is 128 Å². The Morgan fingerprint density at radius 1 is 1.32 bits per heavy atom. The molecular formula is C13H21N7O2. The first-order valence-electron chi connectivity index (χ1n) is 7.60. The van der Waals surface area contributed by atoms with E-state index < -0.39 is 11.9 Å². The number of likely N-dealkylation sites (tertiary alicyclic amines) is 1. The number of nitrogens with zero attached hydrogens (tertiary/aromatic N) is 5. The molecule has 120 valence electrons. The molecule has 1 aromatic heterocycles. The first-order chi connectivity index (χ1) is 10.6. The average molecular weight is 307 g/mol. The number of aromatic nitrogens is 3. The van der Waals surface area contributed by atoms with Crippen molar-refractivity contribution in [3.8, 4) is 0 Å². The Hall–Kier alpha value is -2.16. The van der Waals surface area contributed by atoms with Crippen LogP contribution in [0.15, 0.2) is 6.20 Å². The predicted molar refractivity (Wildman–Crippen MR) is 79.0 cm³/mol. The fourth-order valence-electron chi connectivity index (χ4n) is 2.98. The van der Waals surface area contributed by atoms with E-state index in [-0.39, 0.29) is 12.5 Å². The normalized spacial score (nSPS) is 22.1. The van der Waals surface area contributed by atoms with Crippen LogP contribution >= 0.6 is 0 Å². The van der Waals surface area contributed by atoms with Crippen molar-refractivity contribution in [3.05, 3.63) is 6.20 Å². The van der Waals surface area contributed by atoms with Gasteiger partial charge in [-0.2, -0.15) is 9.90 Å². The number of primary amides is 1. The molecular weight excluding hydrogens is 286 g/mol. The summed E-state index contributed by atoms with van der Waals surface area (Å²) in [5.74, 6) is 0.173. The lowest BCUT2D eigenvalue weighted by molar-refractivity contribution is -0.138. The molecule has 2 aliphatic heterocycles. The van der Waals surface area contributed by atoms with Crippen molar-refractivity contribution in [1.82, 2.24) is 25.2 Å². The topological polar surface area (TPSA) is 109 Å². The number of carbonyl (C=O) groups excluding carboxylic acids is 2. The summed E-state index contributed by atoms with van der Waals surface area (Å²) in [6.45, 7) is 4.19. The highest BCUT2D eigenvalue weighted by molar-refractivity contribution is 5.87. The molecule has 9 nitrogen and oxygen atoms in total. The summed E-state index contributed by atoms with van der Waals surface area (Å²) in [6.07, 6.45) is 3.12. The van der Waals surface area contributed by atoms with E-state index in [4.69, 9.17) is 5.73 Å².